The number of amides is 1. The van der Waals surface area contributed by atoms with Gasteiger partial charge in [-0.15, -0.1) is 13.2 Å². The molecule has 1 heterocycles. The molecule has 10 heteroatoms. The van der Waals surface area contributed by atoms with Gasteiger partial charge in [0.1, 0.15) is 11.9 Å². The van der Waals surface area contributed by atoms with Crippen LogP contribution in [0, 0.1) is 0 Å². The van der Waals surface area contributed by atoms with E-state index in [1.54, 1.807) is 6.07 Å². The average Bonchev–Trinajstić information content (AvgIpc) is 2.74. The minimum Gasteiger partial charge on any atom is -0.406 e. The summed E-state index contributed by atoms with van der Waals surface area (Å²) < 4.78 is 41.4. The molecule has 1 amide bonds. The Morgan fingerprint density at radius 1 is 1.15 bits per heavy atom. The van der Waals surface area contributed by atoms with Crippen LogP contribution in [0.4, 0.5) is 13.2 Å². The van der Waals surface area contributed by atoms with Gasteiger partial charge in [0.25, 0.3) is 0 Å². The summed E-state index contributed by atoms with van der Waals surface area (Å²) in [6.45, 7) is -0.516. The molecule has 1 aliphatic carbocycles. The van der Waals surface area contributed by atoms with Gasteiger partial charge in [-0.25, -0.2) is 0 Å². The first-order valence-corrected chi connectivity index (χ1v) is 10.2. The lowest BCUT2D eigenvalue weighted by Crippen LogP contribution is -2.27. The SMILES string of the molecule is O=C(NCc1cc(-c2ccc(OC(F)(F)F)cc2)c2nccnc2c1C(O)CO)C1=CCC1. The van der Waals surface area contributed by atoms with Crippen LogP contribution in [-0.4, -0.2) is 39.1 Å². The van der Waals surface area contributed by atoms with E-state index in [0.29, 0.717) is 45.3 Å². The van der Waals surface area contributed by atoms with E-state index in [0.717, 1.165) is 6.42 Å². The smallest absolute Gasteiger partial charge is 0.406 e. The quantitative estimate of drug-likeness (QED) is 0.499. The molecule has 3 aromatic rings. The molecule has 3 N–H and O–H groups in total. The highest BCUT2D eigenvalue weighted by atomic mass is 19.4. The Morgan fingerprint density at radius 3 is 2.39 bits per heavy atom. The van der Waals surface area contributed by atoms with E-state index in [-0.39, 0.29) is 18.2 Å². The number of aliphatic hydroxyl groups excluding tert-OH is 2. The number of halogens is 3. The molecule has 1 aromatic heterocycles. The number of ether oxygens (including phenoxy) is 1. The summed E-state index contributed by atoms with van der Waals surface area (Å²) in [7, 11) is 0. The molecule has 0 saturated carbocycles. The fourth-order valence-electron chi connectivity index (χ4n) is 3.65. The number of carbonyl (C=O) groups excluding carboxylic acids is 1. The van der Waals surface area contributed by atoms with Gasteiger partial charge in [-0.2, -0.15) is 0 Å². The van der Waals surface area contributed by atoms with Crippen LogP contribution in [0.3, 0.4) is 0 Å². The second kappa shape index (κ2) is 9.16. The van der Waals surface area contributed by atoms with Crippen molar-refractivity contribution in [2.75, 3.05) is 6.61 Å². The van der Waals surface area contributed by atoms with Gasteiger partial charge < -0.3 is 20.3 Å². The fourth-order valence-corrected chi connectivity index (χ4v) is 3.65. The standard InChI is InChI=1S/C23H20F3N3O4/c24-23(25,26)33-16-6-4-13(5-7-16)17-10-15(11-29-22(32)14-2-1-3-14)19(18(31)12-30)21-20(17)27-8-9-28-21/h2,4-10,18,30-31H,1,3,11-12H2,(H,29,32). The zero-order valence-corrected chi connectivity index (χ0v) is 17.3. The molecule has 1 unspecified atom stereocenters. The molecule has 0 fully saturated rings. The summed E-state index contributed by atoms with van der Waals surface area (Å²) in [5.41, 5.74) is 3.29. The molecule has 7 nitrogen and oxygen atoms in total. The topological polar surface area (TPSA) is 105 Å². The van der Waals surface area contributed by atoms with E-state index in [4.69, 9.17) is 0 Å². The van der Waals surface area contributed by atoms with Crippen molar-refractivity contribution in [1.82, 2.24) is 15.3 Å². The minimum absolute atomic E-state index is 0.0529. The Hall–Kier alpha value is -3.50. The largest absolute Gasteiger partial charge is 0.573 e. The van der Waals surface area contributed by atoms with Crippen molar-refractivity contribution in [3.63, 3.8) is 0 Å². The number of nitrogens with one attached hydrogen (secondary N) is 1. The van der Waals surface area contributed by atoms with Crippen molar-refractivity contribution in [3.8, 4) is 16.9 Å². The Balaban J connectivity index is 1.78. The van der Waals surface area contributed by atoms with Gasteiger partial charge in [0.2, 0.25) is 5.91 Å². The molecule has 172 valence electrons. The predicted molar refractivity (Wildman–Crippen MR) is 113 cm³/mol. The highest BCUT2D eigenvalue weighted by Gasteiger charge is 2.31. The molecule has 0 radical (unpaired) electrons. The van der Waals surface area contributed by atoms with Gasteiger partial charge in [-0.1, -0.05) is 18.2 Å². The highest BCUT2D eigenvalue weighted by Crippen LogP contribution is 2.35. The van der Waals surface area contributed by atoms with E-state index < -0.39 is 19.1 Å². The lowest BCUT2D eigenvalue weighted by Gasteiger charge is -2.20. The molecule has 1 atom stereocenters. The normalized spacial score (nSPS) is 14.4. The average molecular weight is 459 g/mol. The first kappa shape index (κ1) is 22.7. The van der Waals surface area contributed by atoms with Gasteiger partial charge in [0.05, 0.1) is 17.6 Å². The zero-order valence-electron chi connectivity index (χ0n) is 17.3. The van der Waals surface area contributed by atoms with E-state index in [9.17, 15) is 28.2 Å². The molecule has 1 aliphatic rings. The molecule has 33 heavy (non-hydrogen) atoms. The maximum Gasteiger partial charge on any atom is 0.573 e. The molecular weight excluding hydrogens is 439 g/mol. The van der Waals surface area contributed by atoms with Crippen LogP contribution in [-0.2, 0) is 11.3 Å². The fraction of sp³-hybridized carbons (Fsp3) is 0.261. The predicted octanol–water partition coefficient (Wildman–Crippen LogP) is 3.56. The maximum absolute atomic E-state index is 12.5. The van der Waals surface area contributed by atoms with Crippen LogP contribution < -0.4 is 10.1 Å². The number of allylic oxidation sites excluding steroid dienone is 1. The number of fused-ring (bicyclic) bond motifs is 1. The third-order valence-electron chi connectivity index (χ3n) is 5.31. The number of aromatic nitrogens is 2. The van der Waals surface area contributed by atoms with Crippen LogP contribution in [0.5, 0.6) is 5.75 Å². The van der Waals surface area contributed by atoms with Crippen molar-refractivity contribution < 1.29 is 32.9 Å². The van der Waals surface area contributed by atoms with Crippen LogP contribution in [0.1, 0.15) is 30.1 Å². The molecule has 0 bridgehead atoms. The molecule has 0 spiro atoms. The van der Waals surface area contributed by atoms with E-state index in [1.165, 1.54) is 36.7 Å². The summed E-state index contributed by atoms with van der Waals surface area (Å²) in [5.74, 6) is -0.588. The number of aliphatic hydroxyl groups is 2. The molecule has 0 saturated heterocycles. The summed E-state index contributed by atoms with van der Waals surface area (Å²) >= 11 is 0. The monoisotopic (exact) mass is 459 g/mol. The van der Waals surface area contributed by atoms with E-state index in [1.807, 2.05) is 6.08 Å². The number of hydrogen-bond acceptors (Lipinski definition) is 6. The Kier molecular flexibility index (Phi) is 6.30. The molecule has 4 rings (SSSR count). The third kappa shape index (κ3) is 4.96. The molecule has 2 aromatic carbocycles. The third-order valence-corrected chi connectivity index (χ3v) is 5.31. The number of hydrogen-bond donors (Lipinski definition) is 3. The van der Waals surface area contributed by atoms with Crippen molar-refractivity contribution >= 4 is 16.9 Å². The summed E-state index contributed by atoms with van der Waals surface area (Å²) in [5, 5.41) is 22.9. The first-order chi connectivity index (χ1) is 15.8. The van der Waals surface area contributed by atoms with Gasteiger partial charge in [-0.3, -0.25) is 14.8 Å². The zero-order chi connectivity index (χ0) is 23.6. The number of nitrogens with zero attached hydrogens (tertiary/aromatic N) is 2. The minimum atomic E-state index is -4.80. The van der Waals surface area contributed by atoms with Crippen LogP contribution in [0.25, 0.3) is 22.2 Å². The van der Waals surface area contributed by atoms with Gasteiger partial charge in [0, 0.05) is 35.6 Å². The Bertz CT molecular complexity index is 1210. The summed E-state index contributed by atoms with van der Waals surface area (Å²) in [6.07, 6.45) is 0.188. The van der Waals surface area contributed by atoms with Crippen molar-refractivity contribution in [2.24, 2.45) is 0 Å². The van der Waals surface area contributed by atoms with E-state index >= 15 is 0 Å². The van der Waals surface area contributed by atoms with Crippen molar-refractivity contribution in [3.05, 3.63) is 65.5 Å². The van der Waals surface area contributed by atoms with Crippen LogP contribution in [0.2, 0.25) is 0 Å². The maximum atomic E-state index is 12.5. The lowest BCUT2D eigenvalue weighted by atomic mass is 9.93. The number of rotatable bonds is 7. The highest BCUT2D eigenvalue weighted by molar-refractivity contribution is 5.96. The van der Waals surface area contributed by atoms with Crippen molar-refractivity contribution in [1.29, 1.82) is 0 Å². The molecular formula is C23H20F3N3O4. The number of benzene rings is 2. The number of alkyl halides is 3. The summed E-state index contributed by atoms with van der Waals surface area (Å²) in [6, 6.07) is 6.96. The van der Waals surface area contributed by atoms with Crippen LogP contribution in [0.15, 0.2) is 54.4 Å². The van der Waals surface area contributed by atoms with E-state index in [2.05, 4.69) is 20.0 Å². The van der Waals surface area contributed by atoms with Crippen molar-refractivity contribution in [2.45, 2.75) is 31.9 Å². The Labute approximate surface area is 186 Å². The summed E-state index contributed by atoms with van der Waals surface area (Å²) in [4.78, 5) is 21.0. The first-order valence-electron chi connectivity index (χ1n) is 10.2. The van der Waals surface area contributed by atoms with Gasteiger partial charge >= 0.3 is 6.36 Å². The van der Waals surface area contributed by atoms with Gasteiger partial charge in [0.15, 0.2) is 0 Å². The second-order valence-corrected chi connectivity index (χ2v) is 7.47. The van der Waals surface area contributed by atoms with Gasteiger partial charge in [-0.05, 0) is 42.2 Å². The van der Waals surface area contributed by atoms with Crippen LogP contribution >= 0.6 is 0 Å². The molecule has 0 aliphatic heterocycles. The lowest BCUT2D eigenvalue weighted by molar-refractivity contribution is -0.274. The second-order valence-electron chi connectivity index (χ2n) is 7.47. The number of carbonyl (C=O) groups is 1. The Morgan fingerprint density at radius 2 is 1.82 bits per heavy atom.